The highest BCUT2D eigenvalue weighted by atomic mass is 79.9. The summed E-state index contributed by atoms with van der Waals surface area (Å²) in [5, 5.41) is 0. The Balaban J connectivity index is 2.64. The van der Waals surface area contributed by atoms with Crippen LogP contribution < -0.4 is 0 Å². The van der Waals surface area contributed by atoms with Crippen LogP contribution in [0.5, 0.6) is 0 Å². The number of rotatable bonds is 2. The molecule has 2 aromatic rings. The van der Waals surface area contributed by atoms with Gasteiger partial charge < -0.3 is 4.57 Å². The average Bonchev–Trinajstić information content (AvgIpc) is 2.59. The summed E-state index contributed by atoms with van der Waals surface area (Å²) in [6, 6.07) is 10.8. The molecule has 0 unspecified atom stereocenters. The van der Waals surface area contributed by atoms with Gasteiger partial charge in [-0.2, -0.15) is 0 Å². The van der Waals surface area contributed by atoms with Crippen LogP contribution in [-0.2, 0) is 6.42 Å². The van der Waals surface area contributed by atoms with Crippen LogP contribution >= 0.6 is 15.9 Å². The van der Waals surface area contributed by atoms with Crippen molar-refractivity contribution in [3.05, 3.63) is 51.8 Å². The second-order valence-corrected chi connectivity index (χ2v) is 4.99. The van der Waals surface area contributed by atoms with E-state index in [0.717, 1.165) is 10.9 Å². The van der Waals surface area contributed by atoms with Gasteiger partial charge in [-0.1, -0.05) is 22.9 Å². The van der Waals surface area contributed by atoms with E-state index in [0.29, 0.717) is 0 Å². The van der Waals surface area contributed by atoms with Gasteiger partial charge in [-0.15, -0.1) is 0 Å². The normalized spacial score (nSPS) is 10.8. The molecule has 0 aliphatic carbocycles. The molecule has 1 heterocycles. The number of halogens is 1. The van der Waals surface area contributed by atoms with Gasteiger partial charge in [-0.05, 0) is 56.2 Å². The minimum absolute atomic E-state index is 1.05. The van der Waals surface area contributed by atoms with Crippen molar-refractivity contribution in [2.75, 3.05) is 0 Å². The first-order chi connectivity index (χ1) is 7.63. The number of aromatic nitrogens is 1. The zero-order chi connectivity index (χ0) is 11.7. The van der Waals surface area contributed by atoms with E-state index in [1.165, 1.54) is 22.6 Å². The molecule has 0 aliphatic heterocycles. The molecule has 0 N–H and O–H groups in total. The van der Waals surface area contributed by atoms with Crippen LogP contribution in [0.25, 0.3) is 5.69 Å². The Labute approximate surface area is 105 Å². The highest BCUT2D eigenvalue weighted by Gasteiger charge is 2.08. The number of hydrogen-bond donors (Lipinski definition) is 0. The Morgan fingerprint density at radius 3 is 2.25 bits per heavy atom. The lowest BCUT2D eigenvalue weighted by Gasteiger charge is -2.14. The molecular formula is C14H16BrN. The van der Waals surface area contributed by atoms with Crippen LogP contribution in [0.1, 0.15) is 23.9 Å². The quantitative estimate of drug-likeness (QED) is 0.766. The second-order valence-electron chi connectivity index (χ2n) is 4.08. The zero-order valence-electron chi connectivity index (χ0n) is 9.92. The fourth-order valence-electron chi connectivity index (χ4n) is 2.10. The first kappa shape index (κ1) is 11.5. The Morgan fingerprint density at radius 1 is 1.06 bits per heavy atom. The highest BCUT2D eigenvalue weighted by Crippen LogP contribution is 2.24. The molecule has 0 fully saturated rings. The van der Waals surface area contributed by atoms with Crippen LogP contribution in [0.3, 0.4) is 0 Å². The van der Waals surface area contributed by atoms with E-state index in [1.807, 2.05) is 0 Å². The second kappa shape index (κ2) is 4.46. The molecule has 0 saturated carbocycles. The summed E-state index contributed by atoms with van der Waals surface area (Å²) in [5.74, 6) is 0. The molecule has 1 aromatic carbocycles. The lowest BCUT2D eigenvalue weighted by molar-refractivity contribution is 0.936. The first-order valence-corrected chi connectivity index (χ1v) is 6.36. The largest absolute Gasteiger partial charge is 0.318 e. The fraction of sp³-hybridized carbons (Fsp3) is 0.286. The van der Waals surface area contributed by atoms with E-state index in [1.54, 1.807) is 0 Å². The summed E-state index contributed by atoms with van der Waals surface area (Å²) < 4.78 is 3.46. The topological polar surface area (TPSA) is 4.93 Å². The van der Waals surface area contributed by atoms with E-state index in [9.17, 15) is 0 Å². The van der Waals surface area contributed by atoms with Crippen LogP contribution in [0, 0.1) is 13.8 Å². The van der Waals surface area contributed by atoms with Crippen LogP contribution in [0.2, 0.25) is 0 Å². The Hall–Kier alpha value is -1.02. The summed E-state index contributed by atoms with van der Waals surface area (Å²) in [4.78, 5) is 0. The molecular weight excluding hydrogens is 262 g/mol. The van der Waals surface area contributed by atoms with E-state index in [-0.39, 0.29) is 0 Å². The third-order valence-corrected chi connectivity index (χ3v) is 3.43. The van der Waals surface area contributed by atoms with Crippen molar-refractivity contribution < 1.29 is 0 Å². The lowest BCUT2D eigenvalue weighted by atomic mass is 10.1. The zero-order valence-corrected chi connectivity index (χ0v) is 11.5. The van der Waals surface area contributed by atoms with Gasteiger partial charge in [0.05, 0.1) is 0 Å². The van der Waals surface area contributed by atoms with Gasteiger partial charge in [-0.3, -0.25) is 0 Å². The van der Waals surface area contributed by atoms with Crippen molar-refractivity contribution in [3.8, 4) is 5.69 Å². The molecule has 0 bridgehead atoms. The maximum atomic E-state index is 3.53. The molecule has 2 rings (SSSR count). The molecule has 2 heteroatoms. The van der Waals surface area contributed by atoms with E-state index < -0.39 is 0 Å². The lowest BCUT2D eigenvalue weighted by Crippen LogP contribution is -2.02. The predicted octanol–water partition coefficient (Wildman–Crippen LogP) is 4.42. The monoisotopic (exact) mass is 277 g/mol. The summed E-state index contributed by atoms with van der Waals surface area (Å²) in [6.45, 7) is 6.49. The first-order valence-electron chi connectivity index (χ1n) is 5.57. The Kier molecular flexibility index (Phi) is 3.20. The summed E-state index contributed by atoms with van der Waals surface area (Å²) in [7, 11) is 0. The van der Waals surface area contributed by atoms with Gasteiger partial charge in [0, 0.05) is 21.5 Å². The summed E-state index contributed by atoms with van der Waals surface area (Å²) in [6.07, 6.45) is 1.05. The van der Waals surface area contributed by atoms with Gasteiger partial charge in [0.1, 0.15) is 0 Å². The number of aryl methyl sites for hydroxylation is 3. The predicted molar refractivity (Wildman–Crippen MR) is 72.3 cm³/mol. The molecule has 0 atom stereocenters. The molecule has 0 saturated heterocycles. The molecule has 0 radical (unpaired) electrons. The van der Waals surface area contributed by atoms with E-state index >= 15 is 0 Å². The van der Waals surface area contributed by atoms with E-state index in [4.69, 9.17) is 0 Å². The number of nitrogens with zero attached hydrogens (tertiary/aromatic N) is 1. The minimum Gasteiger partial charge on any atom is -0.318 e. The van der Waals surface area contributed by atoms with Gasteiger partial charge in [0.15, 0.2) is 0 Å². The molecule has 1 nitrogen and oxygen atoms in total. The maximum absolute atomic E-state index is 3.53. The SMILES string of the molecule is CCc1cc(Br)ccc1-n1c(C)ccc1C. The molecule has 0 aliphatic rings. The third kappa shape index (κ3) is 1.94. The molecule has 0 amide bonds. The Bertz CT molecular complexity index is 492. The molecule has 84 valence electrons. The maximum Gasteiger partial charge on any atom is 0.0487 e. The van der Waals surface area contributed by atoms with Gasteiger partial charge in [0.25, 0.3) is 0 Å². The molecule has 0 spiro atoms. The third-order valence-electron chi connectivity index (χ3n) is 2.93. The van der Waals surface area contributed by atoms with Gasteiger partial charge in [-0.25, -0.2) is 0 Å². The van der Waals surface area contributed by atoms with Gasteiger partial charge in [0.2, 0.25) is 0 Å². The van der Waals surface area contributed by atoms with Crippen LogP contribution in [-0.4, -0.2) is 4.57 Å². The fourth-order valence-corrected chi connectivity index (χ4v) is 2.51. The van der Waals surface area contributed by atoms with Crippen molar-refractivity contribution in [1.82, 2.24) is 4.57 Å². The van der Waals surface area contributed by atoms with Crippen molar-refractivity contribution in [2.24, 2.45) is 0 Å². The van der Waals surface area contributed by atoms with Gasteiger partial charge >= 0.3 is 0 Å². The van der Waals surface area contributed by atoms with Crippen molar-refractivity contribution in [2.45, 2.75) is 27.2 Å². The van der Waals surface area contributed by atoms with E-state index in [2.05, 4.69) is 71.6 Å². The van der Waals surface area contributed by atoms with Crippen LogP contribution in [0.15, 0.2) is 34.8 Å². The van der Waals surface area contributed by atoms with Crippen molar-refractivity contribution in [1.29, 1.82) is 0 Å². The van der Waals surface area contributed by atoms with Crippen LogP contribution in [0.4, 0.5) is 0 Å². The molecule has 16 heavy (non-hydrogen) atoms. The average molecular weight is 278 g/mol. The standard InChI is InChI=1S/C14H16BrN/c1-4-12-9-13(15)7-8-14(12)16-10(2)5-6-11(16)3/h5-9H,4H2,1-3H3. The number of hydrogen-bond acceptors (Lipinski definition) is 0. The minimum atomic E-state index is 1.05. The summed E-state index contributed by atoms with van der Waals surface area (Å²) >= 11 is 3.53. The number of benzene rings is 1. The molecule has 1 aromatic heterocycles. The highest BCUT2D eigenvalue weighted by molar-refractivity contribution is 9.10. The summed E-state index contributed by atoms with van der Waals surface area (Å²) in [5.41, 5.74) is 5.24. The smallest absolute Gasteiger partial charge is 0.0487 e. The van der Waals surface area contributed by atoms with Crippen molar-refractivity contribution >= 4 is 15.9 Å². The van der Waals surface area contributed by atoms with Crippen molar-refractivity contribution in [3.63, 3.8) is 0 Å². The Morgan fingerprint density at radius 2 is 1.69 bits per heavy atom.